The van der Waals surface area contributed by atoms with E-state index in [1.807, 2.05) is 7.05 Å². The van der Waals surface area contributed by atoms with Gasteiger partial charge in [-0.2, -0.15) is 0 Å². The van der Waals surface area contributed by atoms with Crippen LogP contribution < -0.4 is 11.1 Å². The van der Waals surface area contributed by atoms with E-state index in [2.05, 4.69) is 10.2 Å². The predicted octanol–water partition coefficient (Wildman–Crippen LogP) is -0.0918. The van der Waals surface area contributed by atoms with E-state index >= 15 is 0 Å². The molecule has 1 aliphatic rings. The second-order valence-electron chi connectivity index (χ2n) is 3.30. The number of nitrogens with two attached hydrogens (primary N) is 1. The van der Waals surface area contributed by atoms with Gasteiger partial charge in [0, 0.05) is 19.6 Å². The first-order valence-electron chi connectivity index (χ1n) is 4.44. The minimum atomic E-state index is 0. The minimum Gasteiger partial charge on any atom is -0.329 e. The summed E-state index contributed by atoms with van der Waals surface area (Å²) in [7, 11) is 2.02. The molecule has 0 aliphatic carbocycles. The van der Waals surface area contributed by atoms with E-state index in [4.69, 9.17) is 5.73 Å². The molecule has 1 saturated heterocycles. The molecule has 12 heavy (non-hydrogen) atoms. The van der Waals surface area contributed by atoms with E-state index in [0.29, 0.717) is 0 Å². The molecule has 3 N–H and O–H groups in total. The fraction of sp³-hybridized carbons (Fsp3) is 1.00. The molecule has 0 aromatic carbocycles. The molecule has 0 aromatic rings. The molecular formula is C8H20ClN3. The van der Waals surface area contributed by atoms with Crippen LogP contribution in [0.2, 0.25) is 0 Å². The van der Waals surface area contributed by atoms with Crippen LogP contribution >= 0.6 is 12.4 Å². The molecule has 74 valence electrons. The van der Waals surface area contributed by atoms with Crippen molar-refractivity contribution in [2.24, 2.45) is 11.7 Å². The predicted molar refractivity (Wildman–Crippen MR) is 54.8 cm³/mol. The van der Waals surface area contributed by atoms with Gasteiger partial charge in [0.1, 0.15) is 0 Å². The molecular weight excluding hydrogens is 174 g/mol. The van der Waals surface area contributed by atoms with Crippen LogP contribution in [0.25, 0.3) is 0 Å². The summed E-state index contributed by atoms with van der Waals surface area (Å²) in [6.07, 6.45) is 1.33. The average Bonchev–Trinajstić information content (AvgIpc) is 2.38. The summed E-state index contributed by atoms with van der Waals surface area (Å²) in [6.45, 7) is 5.50. The van der Waals surface area contributed by atoms with Gasteiger partial charge in [0.15, 0.2) is 0 Å². The average molecular weight is 194 g/mol. The highest BCUT2D eigenvalue weighted by Gasteiger charge is 2.20. The number of hydrogen-bond acceptors (Lipinski definition) is 3. The molecule has 1 unspecified atom stereocenters. The Morgan fingerprint density at radius 3 is 2.92 bits per heavy atom. The topological polar surface area (TPSA) is 41.3 Å². The molecule has 1 atom stereocenters. The molecule has 0 saturated carbocycles. The molecule has 0 aromatic heterocycles. The maximum Gasteiger partial charge on any atom is 0.0105 e. The number of nitrogens with one attached hydrogen (secondary N) is 1. The zero-order chi connectivity index (χ0) is 8.10. The maximum atomic E-state index is 5.47. The van der Waals surface area contributed by atoms with Gasteiger partial charge in [-0.15, -0.1) is 12.4 Å². The van der Waals surface area contributed by atoms with Crippen LogP contribution in [0, 0.1) is 5.92 Å². The van der Waals surface area contributed by atoms with Crippen molar-refractivity contribution in [1.29, 1.82) is 0 Å². The fourth-order valence-electron chi connectivity index (χ4n) is 1.75. The van der Waals surface area contributed by atoms with Gasteiger partial charge in [-0.1, -0.05) is 0 Å². The first kappa shape index (κ1) is 12.2. The molecule has 0 amide bonds. The molecule has 4 heteroatoms. The summed E-state index contributed by atoms with van der Waals surface area (Å²) in [5.74, 6) is 0.853. The normalized spacial score (nSPS) is 24.0. The van der Waals surface area contributed by atoms with Crippen molar-refractivity contribution in [3.8, 4) is 0 Å². The number of hydrogen-bond donors (Lipinski definition) is 2. The summed E-state index contributed by atoms with van der Waals surface area (Å²) in [4.78, 5) is 2.45. The molecule has 1 rings (SSSR count). The van der Waals surface area contributed by atoms with Gasteiger partial charge in [-0.3, -0.25) is 0 Å². The van der Waals surface area contributed by atoms with Gasteiger partial charge < -0.3 is 16.0 Å². The largest absolute Gasteiger partial charge is 0.329 e. The quantitative estimate of drug-likeness (QED) is 0.656. The van der Waals surface area contributed by atoms with Crippen molar-refractivity contribution in [2.75, 3.05) is 39.8 Å². The Hall–Kier alpha value is 0.170. The first-order chi connectivity index (χ1) is 5.36. The lowest BCUT2D eigenvalue weighted by atomic mass is 10.1. The monoisotopic (exact) mass is 193 g/mol. The lowest BCUT2D eigenvalue weighted by molar-refractivity contribution is 0.332. The third-order valence-electron chi connectivity index (χ3n) is 2.31. The Morgan fingerprint density at radius 2 is 2.33 bits per heavy atom. The smallest absolute Gasteiger partial charge is 0.0105 e. The molecule has 1 aliphatic heterocycles. The standard InChI is InChI=1S/C8H19N3.ClH/c1-10-6-8-2-4-11(7-8)5-3-9;/h8,10H,2-7,9H2,1H3;1H. The van der Waals surface area contributed by atoms with Crippen molar-refractivity contribution in [1.82, 2.24) is 10.2 Å². The molecule has 0 spiro atoms. The summed E-state index contributed by atoms with van der Waals surface area (Å²) in [6, 6.07) is 0. The SMILES string of the molecule is CNCC1CCN(CCN)C1.Cl. The Kier molecular flexibility index (Phi) is 6.76. The lowest BCUT2D eigenvalue weighted by Crippen LogP contribution is -2.28. The number of halogens is 1. The first-order valence-corrected chi connectivity index (χ1v) is 4.44. The van der Waals surface area contributed by atoms with Crippen LogP contribution in [-0.2, 0) is 0 Å². The lowest BCUT2D eigenvalue weighted by Gasteiger charge is -2.13. The third-order valence-corrected chi connectivity index (χ3v) is 2.31. The highest BCUT2D eigenvalue weighted by molar-refractivity contribution is 5.85. The van der Waals surface area contributed by atoms with Gasteiger partial charge >= 0.3 is 0 Å². The van der Waals surface area contributed by atoms with Gasteiger partial charge in [0.05, 0.1) is 0 Å². The Balaban J connectivity index is 0.00000121. The van der Waals surface area contributed by atoms with Crippen molar-refractivity contribution in [3.05, 3.63) is 0 Å². The number of rotatable bonds is 4. The van der Waals surface area contributed by atoms with E-state index in [1.54, 1.807) is 0 Å². The Morgan fingerprint density at radius 1 is 1.58 bits per heavy atom. The van der Waals surface area contributed by atoms with E-state index in [0.717, 1.165) is 25.6 Å². The van der Waals surface area contributed by atoms with Crippen LogP contribution in [0.4, 0.5) is 0 Å². The number of likely N-dealkylation sites (tertiary alicyclic amines) is 1. The fourth-order valence-corrected chi connectivity index (χ4v) is 1.75. The van der Waals surface area contributed by atoms with Crippen molar-refractivity contribution in [3.63, 3.8) is 0 Å². The maximum absolute atomic E-state index is 5.47. The Bertz CT molecular complexity index is 98.5. The number of nitrogens with zero attached hydrogens (tertiary/aromatic N) is 1. The molecule has 0 radical (unpaired) electrons. The van der Waals surface area contributed by atoms with Gasteiger partial charge in [-0.25, -0.2) is 0 Å². The van der Waals surface area contributed by atoms with Crippen LogP contribution in [-0.4, -0.2) is 44.7 Å². The second kappa shape index (κ2) is 6.66. The van der Waals surface area contributed by atoms with E-state index in [9.17, 15) is 0 Å². The van der Waals surface area contributed by atoms with E-state index < -0.39 is 0 Å². The summed E-state index contributed by atoms with van der Waals surface area (Å²) in [5, 5.41) is 3.21. The zero-order valence-corrected chi connectivity index (χ0v) is 8.57. The van der Waals surface area contributed by atoms with Crippen LogP contribution in [0.5, 0.6) is 0 Å². The molecule has 1 fully saturated rings. The van der Waals surface area contributed by atoms with Crippen molar-refractivity contribution in [2.45, 2.75) is 6.42 Å². The summed E-state index contributed by atoms with van der Waals surface area (Å²) in [5.41, 5.74) is 5.47. The molecule has 1 heterocycles. The molecule has 3 nitrogen and oxygen atoms in total. The second-order valence-corrected chi connectivity index (χ2v) is 3.30. The van der Waals surface area contributed by atoms with Crippen molar-refractivity contribution >= 4 is 12.4 Å². The summed E-state index contributed by atoms with van der Waals surface area (Å²) >= 11 is 0. The minimum absolute atomic E-state index is 0. The Labute approximate surface area is 81.1 Å². The zero-order valence-electron chi connectivity index (χ0n) is 7.75. The molecule has 0 bridgehead atoms. The summed E-state index contributed by atoms with van der Waals surface area (Å²) < 4.78 is 0. The van der Waals surface area contributed by atoms with Gasteiger partial charge in [0.2, 0.25) is 0 Å². The van der Waals surface area contributed by atoms with Crippen LogP contribution in [0.15, 0.2) is 0 Å². The van der Waals surface area contributed by atoms with Gasteiger partial charge in [-0.05, 0) is 32.5 Å². The third kappa shape index (κ3) is 3.72. The van der Waals surface area contributed by atoms with Crippen molar-refractivity contribution < 1.29 is 0 Å². The van der Waals surface area contributed by atoms with Crippen LogP contribution in [0.3, 0.4) is 0 Å². The highest BCUT2D eigenvalue weighted by Crippen LogP contribution is 2.13. The highest BCUT2D eigenvalue weighted by atomic mass is 35.5. The van der Waals surface area contributed by atoms with Crippen LogP contribution in [0.1, 0.15) is 6.42 Å². The van der Waals surface area contributed by atoms with E-state index in [-0.39, 0.29) is 12.4 Å². The van der Waals surface area contributed by atoms with Gasteiger partial charge in [0.25, 0.3) is 0 Å². The van der Waals surface area contributed by atoms with E-state index in [1.165, 1.54) is 19.5 Å².